The Bertz CT molecular complexity index is 1040. The summed E-state index contributed by atoms with van der Waals surface area (Å²) in [6, 6.07) is 19.1. The van der Waals surface area contributed by atoms with E-state index in [0.29, 0.717) is 11.3 Å². The molecule has 0 radical (unpaired) electrons. The van der Waals surface area contributed by atoms with Gasteiger partial charge in [-0.2, -0.15) is 0 Å². The van der Waals surface area contributed by atoms with Gasteiger partial charge in [0.1, 0.15) is 5.56 Å². The Labute approximate surface area is 162 Å². The minimum Gasteiger partial charge on any atom is -0.335 e. The summed E-state index contributed by atoms with van der Waals surface area (Å²) in [6.07, 6.45) is 1.49. The number of pyridine rings is 1. The lowest BCUT2D eigenvalue weighted by Crippen LogP contribution is -2.33. The molecule has 3 aromatic rings. The van der Waals surface area contributed by atoms with Gasteiger partial charge in [0.2, 0.25) is 0 Å². The molecule has 2 N–H and O–H groups in total. The van der Waals surface area contributed by atoms with Crippen molar-refractivity contribution in [2.24, 2.45) is 0 Å². The number of amides is 2. The van der Waals surface area contributed by atoms with E-state index < -0.39 is 5.56 Å². The van der Waals surface area contributed by atoms with E-state index in [1.807, 2.05) is 31.2 Å². The fourth-order valence-electron chi connectivity index (χ4n) is 2.85. The summed E-state index contributed by atoms with van der Waals surface area (Å²) in [7, 11) is 1.65. The first-order valence-corrected chi connectivity index (χ1v) is 8.88. The number of H-pyrrole nitrogens is 1. The van der Waals surface area contributed by atoms with Crippen molar-refractivity contribution in [3.05, 3.63) is 100.0 Å². The van der Waals surface area contributed by atoms with Crippen molar-refractivity contribution in [1.29, 1.82) is 0 Å². The highest BCUT2D eigenvalue weighted by Crippen LogP contribution is 2.23. The maximum Gasteiger partial charge on any atom is 0.260 e. The second-order valence-corrected chi connectivity index (χ2v) is 6.45. The van der Waals surface area contributed by atoms with Crippen LogP contribution in [0.4, 0.5) is 5.69 Å². The first kappa shape index (κ1) is 19.1. The molecule has 3 rings (SSSR count). The van der Waals surface area contributed by atoms with Gasteiger partial charge in [-0.25, -0.2) is 0 Å². The van der Waals surface area contributed by atoms with E-state index in [-0.39, 0.29) is 23.4 Å². The predicted molar refractivity (Wildman–Crippen MR) is 108 cm³/mol. The second kappa shape index (κ2) is 8.35. The number of aromatic nitrogens is 1. The zero-order valence-electron chi connectivity index (χ0n) is 15.7. The van der Waals surface area contributed by atoms with Crippen LogP contribution in [0.5, 0.6) is 0 Å². The van der Waals surface area contributed by atoms with Crippen LogP contribution < -0.4 is 10.9 Å². The number of anilines is 1. The third-order valence-electron chi connectivity index (χ3n) is 4.61. The van der Waals surface area contributed by atoms with E-state index in [2.05, 4.69) is 10.3 Å². The number of hydrogen-bond acceptors (Lipinski definition) is 3. The number of benzene rings is 2. The van der Waals surface area contributed by atoms with Crippen molar-refractivity contribution < 1.29 is 9.59 Å². The van der Waals surface area contributed by atoms with Gasteiger partial charge in [-0.05, 0) is 48.9 Å². The monoisotopic (exact) mass is 375 g/mol. The standard InChI is InChI=1S/C22H21N3O3/c1-15(25(2)22(28)19-12-7-13-23-21(19)27)17-10-6-11-18(14-17)24-20(26)16-8-4-3-5-9-16/h3-15H,1-2H3,(H,23,27)(H,24,26). The summed E-state index contributed by atoms with van der Waals surface area (Å²) in [6.45, 7) is 1.87. The van der Waals surface area contributed by atoms with E-state index in [1.165, 1.54) is 17.2 Å². The fraction of sp³-hybridized carbons (Fsp3) is 0.136. The molecule has 2 amide bonds. The molecule has 1 atom stereocenters. The Morgan fingerprint density at radius 2 is 1.75 bits per heavy atom. The molecule has 6 nitrogen and oxygen atoms in total. The maximum absolute atomic E-state index is 12.7. The quantitative estimate of drug-likeness (QED) is 0.716. The van der Waals surface area contributed by atoms with Crippen molar-refractivity contribution in [2.45, 2.75) is 13.0 Å². The molecule has 6 heteroatoms. The summed E-state index contributed by atoms with van der Waals surface area (Å²) in [5, 5.41) is 2.87. The molecule has 28 heavy (non-hydrogen) atoms. The predicted octanol–water partition coefficient (Wildman–Crippen LogP) is 3.46. The molecule has 1 unspecified atom stereocenters. The molecular formula is C22H21N3O3. The molecule has 0 aliphatic carbocycles. The number of carbonyl (C=O) groups is 2. The van der Waals surface area contributed by atoms with Gasteiger partial charge < -0.3 is 15.2 Å². The summed E-state index contributed by atoms with van der Waals surface area (Å²) < 4.78 is 0. The van der Waals surface area contributed by atoms with Crippen LogP contribution >= 0.6 is 0 Å². The molecule has 142 valence electrons. The molecule has 1 heterocycles. The number of hydrogen-bond donors (Lipinski definition) is 2. The largest absolute Gasteiger partial charge is 0.335 e. The van der Waals surface area contributed by atoms with E-state index in [0.717, 1.165) is 5.56 Å². The van der Waals surface area contributed by atoms with Crippen LogP contribution in [0.3, 0.4) is 0 Å². The Morgan fingerprint density at radius 3 is 2.46 bits per heavy atom. The Hall–Kier alpha value is -3.67. The summed E-state index contributed by atoms with van der Waals surface area (Å²) >= 11 is 0. The molecular weight excluding hydrogens is 354 g/mol. The Kier molecular flexibility index (Phi) is 5.69. The number of aromatic amines is 1. The fourth-order valence-corrected chi connectivity index (χ4v) is 2.85. The van der Waals surface area contributed by atoms with Gasteiger partial charge in [0.25, 0.3) is 17.4 Å². The van der Waals surface area contributed by atoms with Crippen molar-refractivity contribution in [2.75, 3.05) is 12.4 Å². The summed E-state index contributed by atoms with van der Waals surface area (Å²) in [5.41, 5.74) is 1.71. The topological polar surface area (TPSA) is 82.3 Å². The smallest absolute Gasteiger partial charge is 0.260 e. The number of nitrogens with one attached hydrogen (secondary N) is 2. The third kappa shape index (κ3) is 4.17. The van der Waals surface area contributed by atoms with Crippen molar-refractivity contribution >= 4 is 17.5 Å². The van der Waals surface area contributed by atoms with Crippen molar-refractivity contribution in [1.82, 2.24) is 9.88 Å². The molecule has 2 aromatic carbocycles. The van der Waals surface area contributed by atoms with Gasteiger partial charge in [0.05, 0.1) is 6.04 Å². The van der Waals surface area contributed by atoms with Gasteiger partial charge in [-0.15, -0.1) is 0 Å². The lowest BCUT2D eigenvalue weighted by Gasteiger charge is -2.25. The van der Waals surface area contributed by atoms with E-state index >= 15 is 0 Å². The average Bonchev–Trinajstić information content (AvgIpc) is 2.73. The zero-order valence-corrected chi connectivity index (χ0v) is 15.7. The van der Waals surface area contributed by atoms with Gasteiger partial charge in [-0.1, -0.05) is 30.3 Å². The lowest BCUT2D eigenvalue weighted by atomic mass is 10.1. The van der Waals surface area contributed by atoms with Gasteiger partial charge >= 0.3 is 0 Å². The van der Waals surface area contributed by atoms with E-state index in [4.69, 9.17) is 0 Å². The van der Waals surface area contributed by atoms with Gasteiger partial charge in [0.15, 0.2) is 0 Å². The number of rotatable bonds is 5. The summed E-state index contributed by atoms with van der Waals surface area (Å²) in [4.78, 5) is 40.9. The van der Waals surface area contributed by atoms with Crippen LogP contribution in [0.25, 0.3) is 0 Å². The molecule has 0 saturated heterocycles. The molecule has 0 fully saturated rings. The highest BCUT2D eigenvalue weighted by molar-refractivity contribution is 6.04. The van der Waals surface area contributed by atoms with Gasteiger partial charge in [-0.3, -0.25) is 14.4 Å². The zero-order chi connectivity index (χ0) is 20.1. The third-order valence-corrected chi connectivity index (χ3v) is 4.61. The molecule has 1 aromatic heterocycles. The number of carbonyl (C=O) groups excluding carboxylic acids is 2. The highest BCUT2D eigenvalue weighted by Gasteiger charge is 2.21. The molecule has 0 bridgehead atoms. The van der Waals surface area contributed by atoms with Crippen LogP contribution in [-0.2, 0) is 0 Å². The second-order valence-electron chi connectivity index (χ2n) is 6.45. The lowest BCUT2D eigenvalue weighted by molar-refractivity contribution is 0.0740. The molecule has 0 aliphatic rings. The Morgan fingerprint density at radius 1 is 1.00 bits per heavy atom. The molecule has 0 spiro atoms. The van der Waals surface area contributed by atoms with Gasteiger partial charge in [0, 0.05) is 24.5 Å². The van der Waals surface area contributed by atoms with E-state index in [9.17, 15) is 14.4 Å². The van der Waals surface area contributed by atoms with Crippen LogP contribution in [0.15, 0.2) is 77.7 Å². The van der Waals surface area contributed by atoms with Crippen LogP contribution in [-0.4, -0.2) is 28.7 Å². The van der Waals surface area contributed by atoms with Crippen molar-refractivity contribution in [3.8, 4) is 0 Å². The normalized spacial score (nSPS) is 11.5. The van der Waals surface area contributed by atoms with Crippen LogP contribution in [0.1, 0.15) is 39.2 Å². The first-order valence-electron chi connectivity index (χ1n) is 8.88. The number of nitrogens with zero attached hydrogens (tertiary/aromatic N) is 1. The first-order chi connectivity index (χ1) is 13.5. The maximum atomic E-state index is 12.7. The van der Waals surface area contributed by atoms with Crippen molar-refractivity contribution in [3.63, 3.8) is 0 Å². The van der Waals surface area contributed by atoms with Crippen LogP contribution in [0, 0.1) is 0 Å². The Balaban J connectivity index is 1.77. The van der Waals surface area contributed by atoms with Crippen LogP contribution in [0.2, 0.25) is 0 Å². The molecule has 0 aliphatic heterocycles. The minimum absolute atomic E-state index is 0.0883. The highest BCUT2D eigenvalue weighted by atomic mass is 16.2. The minimum atomic E-state index is -0.421. The average molecular weight is 375 g/mol. The SMILES string of the molecule is CC(c1cccc(NC(=O)c2ccccc2)c1)N(C)C(=O)c1ccc[nH]c1=O. The molecule has 0 saturated carbocycles. The van der Waals surface area contributed by atoms with E-state index in [1.54, 1.807) is 43.4 Å². The summed E-state index contributed by atoms with van der Waals surface area (Å²) in [5.74, 6) is -0.571.